The van der Waals surface area contributed by atoms with Gasteiger partial charge < -0.3 is 10.9 Å². The molecular formula is C18H13F6N3O. The highest BCUT2D eigenvalue weighted by atomic mass is 19.4. The number of hydrogen-bond acceptors (Lipinski definition) is 3. The largest absolute Gasteiger partial charge is 0.618 e. The molecule has 0 saturated carbocycles. The van der Waals surface area contributed by atoms with Gasteiger partial charge in [-0.05, 0) is 18.2 Å². The molecule has 0 aliphatic rings. The number of para-hydroxylation sites is 1. The summed E-state index contributed by atoms with van der Waals surface area (Å²) in [5.74, 6) is 0. The van der Waals surface area contributed by atoms with E-state index in [1.807, 2.05) is 0 Å². The van der Waals surface area contributed by atoms with E-state index in [1.165, 1.54) is 25.1 Å². The van der Waals surface area contributed by atoms with Gasteiger partial charge in [0.25, 0.3) is 0 Å². The highest BCUT2D eigenvalue weighted by molar-refractivity contribution is 5.86. The van der Waals surface area contributed by atoms with Gasteiger partial charge in [-0.2, -0.15) is 31.1 Å². The van der Waals surface area contributed by atoms with Crippen LogP contribution in [0.25, 0.3) is 22.2 Å². The zero-order valence-electron chi connectivity index (χ0n) is 14.3. The normalized spacial score (nSPS) is 13.7. The van der Waals surface area contributed by atoms with Gasteiger partial charge in [-0.3, -0.25) is 0 Å². The van der Waals surface area contributed by atoms with Crippen LogP contribution in [-0.2, 0) is 6.18 Å². The lowest BCUT2D eigenvalue weighted by Crippen LogP contribution is -2.31. The summed E-state index contributed by atoms with van der Waals surface area (Å²) in [7, 11) is 0. The minimum Gasteiger partial charge on any atom is -0.618 e. The molecule has 10 heteroatoms. The van der Waals surface area contributed by atoms with Crippen LogP contribution in [-0.4, -0.2) is 11.2 Å². The molecule has 0 spiro atoms. The Morgan fingerprint density at radius 2 is 1.75 bits per heavy atom. The van der Waals surface area contributed by atoms with Crippen LogP contribution in [0.4, 0.5) is 26.3 Å². The Bertz CT molecular complexity index is 1050. The standard InChI is InChI=1S/C18H13F6N3O/c1-9-11(5-3-7-27(9)28)15-12(16(25)18(22,23)24)8-10-4-2-6-13(14(10)26-15)17(19,20)21/h2-8,16H,25H2,1H3/t16-/m1/s1. The fraction of sp³-hybridized carbons (Fsp3) is 0.222. The fourth-order valence-electron chi connectivity index (χ4n) is 2.89. The third-order valence-electron chi connectivity index (χ3n) is 4.33. The second-order valence-electron chi connectivity index (χ2n) is 6.15. The van der Waals surface area contributed by atoms with Crippen molar-refractivity contribution < 1.29 is 31.1 Å². The Morgan fingerprint density at radius 3 is 2.36 bits per heavy atom. The van der Waals surface area contributed by atoms with Crippen LogP contribution in [0.3, 0.4) is 0 Å². The maximum atomic E-state index is 13.3. The van der Waals surface area contributed by atoms with Crippen molar-refractivity contribution in [2.45, 2.75) is 25.3 Å². The molecule has 3 aromatic rings. The van der Waals surface area contributed by atoms with Crippen LogP contribution in [0.5, 0.6) is 0 Å². The van der Waals surface area contributed by atoms with Crippen molar-refractivity contribution in [2.24, 2.45) is 5.73 Å². The first kappa shape index (κ1) is 19.9. The summed E-state index contributed by atoms with van der Waals surface area (Å²) in [5, 5.41) is 11.7. The van der Waals surface area contributed by atoms with Crippen molar-refractivity contribution in [3.05, 3.63) is 64.6 Å². The lowest BCUT2D eigenvalue weighted by Gasteiger charge is -2.21. The van der Waals surface area contributed by atoms with Gasteiger partial charge in [0, 0.05) is 23.9 Å². The number of nitrogens with two attached hydrogens (primary N) is 1. The van der Waals surface area contributed by atoms with Crippen LogP contribution >= 0.6 is 0 Å². The average molecular weight is 401 g/mol. The van der Waals surface area contributed by atoms with Crippen LogP contribution in [0, 0.1) is 12.1 Å². The molecule has 0 saturated heterocycles. The van der Waals surface area contributed by atoms with Crippen molar-refractivity contribution in [1.29, 1.82) is 0 Å². The molecule has 0 fully saturated rings. The number of aromatic nitrogens is 2. The van der Waals surface area contributed by atoms with E-state index < -0.39 is 40.7 Å². The summed E-state index contributed by atoms with van der Waals surface area (Å²) in [6.07, 6.45) is -8.51. The molecule has 0 aliphatic carbocycles. The Hall–Kier alpha value is -2.88. The number of halogens is 6. The van der Waals surface area contributed by atoms with E-state index in [1.54, 1.807) is 0 Å². The highest BCUT2D eigenvalue weighted by Crippen LogP contribution is 2.40. The molecule has 1 aromatic carbocycles. The fourth-order valence-corrected chi connectivity index (χ4v) is 2.89. The van der Waals surface area contributed by atoms with Crippen molar-refractivity contribution >= 4 is 10.9 Å². The SMILES string of the molecule is Cc1c(-c2nc3c(C(F)(F)F)cccc3cc2[C@@H](N)C(F)(F)F)ccc[n+]1[O-]. The van der Waals surface area contributed by atoms with Crippen molar-refractivity contribution in [3.63, 3.8) is 0 Å². The molecule has 0 aliphatic heterocycles. The molecule has 2 aromatic heterocycles. The van der Waals surface area contributed by atoms with Gasteiger partial charge in [-0.15, -0.1) is 0 Å². The highest BCUT2D eigenvalue weighted by Gasteiger charge is 2.41. The number of pyridine rings is 2. The van der Waals surface area contributed by atoms with E-state index in [9.17, 15) is 31.5 Å². The van der Waals surface area contributed by atoms with E-state index in [4.69, 9.17) is 5.73 Å². The molecule has 4 nitrogen and oxygen atoms in total. The summed E-state index contributed by atoms with van der Waals surface area (Å²) >= 11 is 0. The van der Waals surface area contributed by atoms with Crippen LogP contribution in [0.15, 0.2) is 42.6 Å². The van der Waals surface area contributed by atoms with Crippen LogP contribution < -0.4 is 10.5 Å². The maximum Gasteiger partial charge on any atom is 0.418 e. The van der Waals surface area contributed by atoms with Crippen molar-refractivity contribution in [2.75, 3.05) is 0 Å². The first-order valence-corrected chi connectivity index (χ1v) is 7.93. The molecule has 2 N–H and O–H groups in total. The maximum absolute atomic E-state index is 13.3. The van der Waals surface area contributed by atoms with Gasteiger partial charge >= 0.3 is 12.4 Å². The molecule has 0 amide bonds. The molecule has 3 rings (SSSR count). The first-order chi connectivity index (χ1) is 12.9. The molecule has 28 heavy (non-hydrogen) atoms. The van der Waals surface area contributed by atoms with Gasteiger partial charge in [-0.1, -0.05) is 12.1 Å². The average Bonchev–Trinajstić information content (AvgIpc) is 2.60. The predicted molar refractivity (Wildman–Crippen MR) is 88.9 cm³/mol. The molecule has 148 valence electrons. The van der Waals surface area contributed by atoms with Gasteiger partial charge in [0.1, 0.15) is 6.04 Å². The Balaban J connectivity index is 2.43. The molecule has 0 unspecified atom stereocenters. The number of hydrogen-bond donors (Lipinski definition) is 1. The second kappa shape index (κ2) is 6.62. The minimum atomic E-state index is -4.86. The number of rotatable bonds is 2. The number of nitrogens with zero attached hydrogens (tertiary/aromatic N) is 2. The Morgan fingerprint density at radius 1 is 1.07 bits per heavy atom. The third-order valence-corrected chi connectivity index (χ3v) is 4.33. The number of alkyl halides is 6. The summed E-state index contributed by atoms with van der Waals surface area (Å²) in [6, 6.07) is 4.10. The summed E-state index contributed by atoms with van der Waals surface area (Å²) in [4.78, 5) is 3.90. The smallest absolute Gasteiger partial charge is 0.418 e. The lowest BCUT2D eigenvalue weighted by atomic mass is 9.96. The van der Waals surface area contributed by atoms with Gasteiger partial charge in [0.2, 0.25) is 0 Å². The predicted octanol–water partition coefficient (Wildman–Crippen LogP) is 4.42. The van der Waals surface area contributed by atoms with E-state index >= 15 is 0 Å². The quantitative estimate of drug-likeness (QED) is 0.393. The Kier molecular flexibility index (Phi) is 4.70. The first-order valence-electron chi connectivity index (χ1n) is 7.93. The van der Waals surface area contributed by atoms with E-state index in [-0.39, 0.29) is 16.6 Å². The minimum absolute atomic E-state index is 0.0190. The Labute approximate surface area is 154 Å². The number of benzene rings is 1. The second-order valence-corrected chi connectivity index (χ2v) is 6.15. The van der Waals surface area contributed by atoms with E-state index in [2.05, 4.69) is 4.98 Å². The van der Waals surface area contributed by atoms with E-state index in [0.717, 1.165) is 24.4 Å². The number of fused-ring (bicyclic) bond motifs is 1. The van der Waals surface area contributed by atoms with Gasteiger partial charge in [0.05, 0.1) is 22.3 Å². The lowest BCUT2D eigenvalue weighted by molar-refractivity contribution is -0.611. The van der Waals surface area contributed by atoms with E-state index in [0.29, 0.717) is 4.73 Å². The van der Waals surface area contributed by atoms with Crippen LogP contribution in [0.2, 0.25) is 0 Å². The monoisotopic (exact) mass is 401 g/mol. The third kappa shape index (κ3) is 3.47. The zero-order chi connectivity index (χ0) is 20.9. The molecule has 0 radical (unpaired) electrons. The molecule has 2 heterocycles. The topological polar surface area (TPSA) is 65.8 Å². The summed E-state index contributed by atoms with van der Waals surface area (Å²) < 4.78 is 80.3. The molecule has 1 atom stereocenters. The van der Waals surface area contributed by atoms with Crippen molar-refractivity contribution in [1.82, 2.24) is 4.98 Å². The summed E-state index contributed by atoms with van der Waals surface area (Å²) in [6.45, 7) is 1.33. The zero-order valence-corrected chi connectivity index (χ0v) is 14.3. The van der Waals surface area contributed by atoms with Gasteiger partial charge in [-0.25, -0.2) is 4.98 Å². The summed E-state index contributed by atoms with van der Waals surface area (Å²) in [5.41, 5.74) is 2.73. The van der Waals surface area contributed by atoms with Crippen LogP contribution in [0.1, 0.15) is 22.9 Å². The van der Waals surface area contributed by atoms with Gasteiger partial charge in [0.15, 0.2) is 11.9 Å². The molecular weight excluding hydrogens is 388 g/mol. The van der Waals surface area contributed by atoms with Crippen molar-refractivity contribution in [3.8, 4) is 11.3 Å². The molecule has 0 bridgehead atoms.